The van der Waals surface area contributed by atoms with Gasteiger partial charge in [0.25, 0.3) is 0 Å². The minimum atomic E-state index is 0.587. The molecule has 1 aliphatic carbocycles. The van der Waals surface area contributed by atoms with Crippen molar-refractivity contribution in [1.29, 1.82) is 0 Å². The van der Waals surface area contributed by atoms with E-state index in [0.717, 1.165) is 49.9 Å². The Balaban J connectivity index is 1.24. The molecule has 11 rings (SSSR count). The van der Waals surface area contributed by atoms with Crippen LogP contribution in [0.2, 0.25) is 0 Å². The van der Waals surface area contributed by atoms with Crippen molar-refractivity contribution in [3.63, 3.8) is 0 Å². The number of benzene rings is 7. The molecule has 0 saturated carbocycles. The number of rotatable bonds is 3. The molecular weight excluding hydrogens is 587 g/mol. The fourth-order valence-corrected chi connectivity index (χ4v) is 7.91. The van der Waals surface area contributed by atoms with Crippen LogP contribution >= 0.6 is 0 Å². The Morgan fingerprint density at radius 2 is 1.10 bits per heavy atom. The topological polar surface area (TPSA) is 43.9 Å². The summed E-state index contributed by atoms with van der Waals surface area (Å²) in [5, 5.41) is 6.84. The largest absolute Gasteiger partial charge is 0.437 e. The van der Waals surface area contributed by atoms with Crippen LogP contribution in [0.25, 0.3) is 105 Å². The third kappa shape index (κ3) is 3.43. The van der Waals surface area contributed by atoms with E-state index in [9.17, 15) is 0 Å². The quantitative estimate of drug-likeness (QED) is 0.200. The van der Waals surface area contributed by atoms with Crippen molar-refractivity contribution in [1.82, 2.24) is 14.5 Å². The Morgan fingerprint density at radius 3 is 1.92 bits per heavy atom. The highest BCUT2D eigenvalue weighted by Crippen LogP contribution is 2.49. The summed E-state index contributed by atoms with van der Waals surface area (Å²) < 4.78 is 9.09. The van der Waals surface area contributed by atoms with E-state index in [1.807, 2.05) is 36.4 Å². The second kappa shape index (κ2) is 9.50. The van der Waals surface area contributed by atoms with E-state index < -0.39 is 0 Å². The molecule has 1 aliphatic rings. The predicted molar refractivity (Wildman–Crippen MR) is 196 cm³/mol. The number of para-hydroxylation sites is 1. The smallest absolute Gasteiger partial charge is 0.231 e. The number of hydrogen-bond donors (Lipinski definition) is 0. The molecule has 48 heavy (non-hydrogen) atoms. The molecule has 7 aromatic carbocycles. The van der Waals surface area contributed by atoms with Gasteiger partial charge in [0.2, 0.25) is 5.71 Å². The molecule has 0 bridgehead atoms. The van der Waals surface area contributed by atoms with E-state index in [-0.39, 0.29) is 0 Å². The molecule has 222 valence electrons. The fraction of sp³-hybridized carbons (Fsp3) is 0. The third-order valence-corrected chi connectivity index (χ3v) is 9.97. The first kappa shape index (κ1) is 25.6. The summed E-state index contributed by atoms with van der Waals surface area (Å²) in [4.78, 5) is 10.1. The highest BCUT2D eigenvalue weighted by atomic mass is 16.3. The SMILES string of the molecule is c1ccc(-c2nc(-c3ccccc3)c3c(n2)oc2cc4c(cc23)c2ccccc2n4-c2ccc3c4c(cccc24)-c2ccccc2-3)cc1. The van der Waals surface area contributed by atoms with Crippen molar-refractivity contribution < 1.29 is 4.42 Å². The Morgan fingerprint density at radius 1 is 0.438 bits per heavy atom. The molecule has 0 spiro atoms. The normalized spacial score (nSPS) is 12.2. The van der Waals surface area contributed by atoms with E-state index in [2.05, 4.69) is 120 Å². The average molecular weight is 612 g/mol. The zero-order valence-corrected chi connectivity index (χ0v) is 25.7. The summed E-state index contributed by atoms with van der Waals surface area (Å²) in [6.45, 7) is 0. The standard InChI is InChI=1S/C44H25N3O/c1-3-12-26(13-4-1)42-41-35-24-34-30-18-9-10-21-36(30)47(38(34)25-39(35)48-44(41)46-43(45-42)27-14-5-2-6-15-27)37-23-22-32-29-17-8-7-16-28(29)31-19-11-20-33(37)40(31)32/h1-25H. The van der Waals surface area contributed by atoms with E-state index in [1.165, 1.54) is 43.8 Å². The second-order valence-corrected chi connectivity index (χ2v) is 12.5. The Kier molecular flexibility index (Phi) is 5.08. The lowest BCUT2D eigenvalue weighted by molar-refractivity contribution is 0.654. The summed E-state index contributed by atoms with van der Waals surface area (Å²) >= 11 is 0. The van der Waals surface area contributed by atoms with Crippen LogP contribution in [0.15, 0.2) is 156 Å². The van der Waals surface area contributed by atoms with Crippen LogP contribution in [0.3, 0.4) is 0 Å². The molecule has 0 saturated heterocycles. The monoisotopic (exact) mass is 611 g/mol. The van der Waals surface area contributed by atoms with E-state index >= 15 is 0 Å². The van der Waals surface area contributed by atoms with Crippen LogP contribution in [0.5, 0.6) is 0 Å². The van der Waals surface area contributed by atoms with Gasteiger partial charge in [0.1, 0.15) is 5.58 Å². The summed E-state index contributed by atoms with van der Waals surface area (Å²) in [7, 11) is 0. The van der Waals surface area contributed by atoms with Gasteiger partial charge < -0.3 is 8.98 Å². The van der Waals surface area contributed by atoms with E-state index in [1.54, 1.807) is 0 Å². The maximum absolute atomic E-state index is 6.69. The second-order valence-electron chi connectivity index (χ2n) is 12.5. The van der Waals surface area contributed by atoms with Gasteiger partial charge in [0, 0.05) is 38.7 Å². The van der Waals surface area contributed by atoms with Crippen molar-refractivity contribution in [2.45, 2.75) is 0 Å². The fourth-order valence-electron chi connectivity index (χ4n) is 7.91. The van der Waals surface area contributed by atoms with Crippen LogP contribution in [0.4, 0.5) is 0 Å². The summed E-state index contributed by atoms with van der Waals surface area (Å²) in [6, 6.07) is 53.6. The minimum absolute atomic E-state index is 0.587. The average Bonchev–Trinajstić information content (AvgIpc) is 3.79. The molecular formula is C44H25N3O. The molecule has 0 N–H and O–H groups in total. The zero-order chi connectivity index (χ0) is 31.3. The molecule has 0 fully saturated rings. The third-order valence-electron chi connectivity index (χ3n) is 9.97. The van der Waals surface area contributed by atoms with Crippen molar-refractivity contribution in [2.75, 3.05) is 0 Å². The molecule has 3 heterocycles. The van der Waals surface area contributed by atoms with Crippen LogP contribution in [0.1, 0.15) is 0 Å². The molecule has 10 aromatic rings. The van der Waals surface area contributed by atoms with Crippen molar-refractivity contribution in [2.24, 2.45) is 0 Å². The first-order valence-electron chi connectivity index (χ1n) is 16.3. The van der Waals surface area contributed by atoms with Crippen LogP contribution in [-0.2, 0) is 0 Å². The summed E-state index contributed by atoms with van der Waals surface area (Å²) in [5.74, 6) is 0.648. The summed E-state index contributed by atoms with van der Waals surface area (Å²) in [5.41, 5.74) is 12.8. The Labute approximate surface area is 275 Å². The van der Waals surface area contributed by atoms with Crippen LogP contribution in [-0.4, -0.2) is 14.5 Å². The van der Waals surface area contributed by atoms with Crippen LogP contribution < -0.4 is 0 Å². The number of aromatic nitrogens is 3. The van der Waals surface area contributed by atoms with Gasteiger partial charge in [-0.25, -0.2) is 4.98 Å². The number of fused-ring (bicyclic) bond motifs is 9. The molecule has 4 heteroatoms. The maximum Gasteiger partial charge on any atom is 0.231 e. The van der Waals surface area contributed by atoms with Crippen molar-refractivity contribution in [3.8, 4) is 50.6 Å². The highest BCUT2D eigenvalue weighted by Gasteiger charge is 2.25. The van der Waals surface area contributed by atoms with Gasteiger partial charge in [-0.05, 0) is 45.8 Å². The molecule has 4 nitrogen and oxygen atoms in total. The first-order chi connectivity index (χ1) is 23.8. The molecule has 0 unspecified atom stereocenters. The van der Waals surface area contributed by atoms with Gasteiger partial charge in [-0.15, -0.1) is 0 Å². The van der Waals surface area contributed by atoms with Gasteiger partial charge in [-0.3, -0.25) is 0 Å². The summed E-state index contributed by atoms with van der Waals surface area (Å²) in [6.07, 6.45) is 0. The molecule has 0 radical (unpaired) electrons. The van der Waals surface area contributed by atoms with Crippen LogP contribution in [0, 0.1) is 0 Å². The lowest BCUT2D eigenvalue weighted by Crippen LogP contribution is -1.95. The highest BCUT2D eigenvalue weighted by molar-refractivity contribution is 6.21. The van der Waals surface area contributed by atoms with Gasteiger partial charge in [-0.1, -0.05) is 127 Å². The first-order valence-corrected chi connectivity index (χ1v) is 16.3. The van der Waals surface area contributed by atoms with Crippen molar-refractivity contribution >= 4 is 54.6 Å². The Bertz CT molecular complexity index is 2910. The van der Waals surface area contributed by atoms with Crippen molar-refractivity contribution in [3.05, 3.63) is 152 Å². The van der Waals surface area contributed by atoms with Gasteiger partial charge in [0.05, 0.1) is 27.8 Å². The lowest BCUT2D eigenvalue weighted by Gasteiger charge is -2.13. The molecule has 3 aromatic heterocycles. The minimum Gasteiger partial charge on any atom is -0.437 e. The number of furan rings is 1. The number of nitrogens with zero attached hydrogens (tertiary/aromatic N) is 3. The lowest BCUT2D eigenvalue weighted by atomic mass is 10.0. The molecule has 0 aliphatic heterocycles. The van der Waals surface area contributed by atoms with Gasteiger partial charge in [-0.2, -0.15) is 4.98 Å². The Hall–Kier alpha value is -6.52. The van der Waals surface area contributed by atoms with Gasteiger partial charge >= 0.3 is 0 Å². The zero-order valence-electron chi connectivity index (χ0n) is 25.7. The predicted octanol–water partition coefficient (Wildman–Crippen LogP) is 11.6. The van der Waals surface area contributed by atoms with E-state index in [4.69, 9.17) is 14.4 Å². The van der Waals surface area contributed by atoms with E-state index in [0.29, 0.717) is 11.5 Å². The molecule has 0 amide bonds. The number of hydrogen-bond acceptors (Lipinski definition) is 3. The maximum atomic E-state index is 6.69. The van der Waals surface area contributed by atoms with Gasteiger partial charge in [0.15, 0.2) is 5.82 Å². The molecule has 0 atom stereocenters.